The maximum atomic E-state index is 13.6. The lowest BCUT2D eigenvalue weighted by molar-refractivity contribution is -0.179. The molecule has 6 rings (SSSR count). The Morgan fingerprint density at radius 1 is 1.15 bits per heavy atom. The Labute approximate surface area is 276 Å². The van der Waals surface area contributed by atoms with Crippen LogP contribution >= 0.6 is 0 Å². The number of methoxy groups -OCH3 is 1. The van der Waals surface area contributed by atoms with E-state index in [-0.39, 0.29) is 48.4 Å². The molecular formula is C38H46O9. The Bertz CT molecular complexity index is 1480. The van der Waals surface area contributed by atoms with Crippen LogP contribution in [0.1, 0.15) is 52.5 Å². The molecule has 1 spiro atoms. The molecular weight excluding hydrogens is 600 g/mol. The quantitative estimate of drug-likeness (QED) is 0.241. The number of cyclic esters (lactones) is 1. The third kappa shape index (κ3) is 6.14. The molecule has 0 unspecified atom stereocenters. The maximum absolute atomic E-state index is 13.6. The fourth-order valence-corrected chi connectivity index (χ4v) is 8.51. The van der Waals surface area contributed by atoms with Gasteiger partial charge in [0.25, 0.3) is 0 Å². The first-order valence-electron chi connectivity index (χ1n) is 16.8. The van der Waals surface area contributed by atoms with Gasteiger partial charge in [0.15, 0.2) is 6.10 Å². The molecule has 252 valence electrons. The van der Waals surface area contributed by atoms with Crippen molar-refractivity contribution < 1.29 is 43.2 Å². The molecule has 1 N–H and O–H groups in total. The molecule has 1 saturated heterocycles. The molecule has 0 aromatic heterocycles. The van der Waals surface area contributed by atoms with Crippen LogP contribution in [0.4, 0.5) is 0 Å². The number of aryl methyl sites for hydroxylation is 1. The lowest BCUT2D eigenvalue weighted by atomic mass is 9.57. The molecule has 1 aromatic carbocycles. The maximum Gasteiger partial charge on any atom is 0.335 e. The molecule has 3 aliphatic carbocycles. The summed E-state index contributed by atoms with van der Waals surface area (Å²) >= 11 is 0. The van der Waals surface area contributed by atoms with Gasteiger partial charge in [0.1, 0.15) is 30.0 Å². The zero-order valence-electron chi connectivity index (χ0n) is 27.7. The van der Waals surface area contributed by atoms with E-state index in [0.29, 0.717) is 18.4 Å². The van der Waals surface area contributed by atoms with Crippen LogP contribution in [-0.4, -0.2) is 72.3 Å². The highest BCUT2D eigenvalue weighted by Gasteiger charge is 2.69. The van der Waals surface area contributed by atoms with E-state index in [0.717, 1.165) is 11.1 Å². The standard InChI is InChI=1S/C38H46O9/c1-21-19-22(2)38-27(16-17-28-31(38)32(40)23(3)34(35(28)47-38)46-36(41)26-13-9-10-14-26)20-29(43-5)37(42)45-33(21)24(4)44-30(39)18-15-25-11-7-6-8-12-25/h6-13,16-17,19,21,23-24,27-29,31-35,40H,14-15,18,20H2,1-5H3/b22-19+/t21-,23-,24-,27-,28-,29+,31+,32-,33+,34-,35-,38+/m1/s1. The number of ether oxygens (including phenoxy) is 5. The smallest absolute Gasteiger partial charge is 0.335 e. The van der Waals surface area contributed by atoms with Gasteiger partial charge in [0.05, 0.1) is 6.10 Å². The van der Waals surface area contributed by atoms with Gasteiger partial charge >= 0.3 is 17.9 Å². The molecule has 1 aromatic rings. The second-order valence-electron chi connectivity index (χ2n) is 13.8. The molecule has 1 saturated carbocycles. The second kappa shape index (κ2) is 13.5. The van der Waals surface area contributed by atoms with Gasteiger partial charge < -0.3 is 28.8 Å². The van der Waals surface area contributed by atoms with Crippen molar-refractivity contribution in [2.75, 3.05) is 7.11 Å². The van der Waals surface area contributed by atoms with Crippen molar-refractivity contribution in [1.82, 2.24) is 0 Å². The average Bonchev–Trinajstić information content (AvgIpc) is 3.66. The first-order chi connectivity index (χ1) is 22.5. The van der Waals surface area contributed by atoms with Crippen molar-refractivity contribution in [1.29, 1.82) is 0 Å². The number of carbonyl (C=O) groups excluding carboxylic acids is 3. The molecule has 12 atom stereocenters. The van der Waals surface area contributed by atoms with Crippen LogP contribution in [0.2, 0.25) is 0 Å². The molecule has 5 aliphatic rings. The number of aliphatic hydroxyl groups is 1. The number of carbonyl (C=O) groups is 3. The van der Waals surface area contributed by atoms with Gasteiger partial charge in [-0.1, -0.05) is 80.6 Å². The largest absolute Gasteiger partial charge is 0.459 e. The normalized spacial score (nSPS) is 39.1. The summed E-state index contributed by atoms with van der Waals surface area (Å²) in [5, 5.41) is 11.9. The van der Waals surface area contributed by atoms with E-state index in [4.69, 9.17) is 23.7 Å². The predicted octanol–water partition coefficient (Wildman–Crippen LogP) is 4.83. The van der Waals surface area contributed by atoms with Crippen LogP contribution in [0.15, 0.2) is 77.9 Å². The van der Waals surface area contributed by atoms with E-state index in [1.54, 1.807) is 13.0 Å². The SMILES string of the molecule is CO[C@H]1C[C@H]2C=C[C@H]3[C@H]4O[C@]2(/C(C)=C/[C@@H](C)[C@@H]([C@@H](C)OC(=O)CCc2ccccc2)OC1=O)[C@@H]3[C@H](O)[C@@H](C)[C@H]4OC(=O)C1=CC=CC1. The number of rotatable bonds is 8. The summed E-state index contributed by atoms with van der Waals surface area (Å²) in [6.45, 7) is 7.57. The monoisotopic (exact) mass is 646 g/mol. The average molecular weight is 647 g/mol. The summed E-state index contributed by atoms with van der Waals surface area (Å²) in [6.07, 6.45) is 8.73. The number of aliphatic hydroxyl groups excluding tert-OH is 1. The van der Waals surface area contributed by atoms with Crippen LogP contribution in [0.3, 0.4) is 0 Å². The Morgan fingerprint density at radius 2 is 1.91 bits per heavy atom. The van der Waals surface area contributed by atoms with Crippen LogP contribution in [-0.2, 0) is 44.5 Å². The van der Waals surface area contributed by atoms with Crippen molar-refractivity contribution in [2.24, 2.45) is 29.6 Å². The Hall–Kier alpha value is -3.53. The predicted molar refractivity (Wildman–Crippen MR) is 173 cm³/mol. The third-order valence-electron chi connectivity index (χ3n) is 10.9. The lowest BCUT2D eigenvalue weighted by Gasteiger charge is -2.49. The zero-order chi connectivity index (χ0) is 33.5. The molecule has 4 bridgehead atoms. The van der Waals surface area contributed by atoms with Gasteiger partial charge in [-0.15, -0.1) is 0 Å². The fraction of sp³-hybridized carbons (Fsp3) is 0.553. The number of hydrogen-bond donors (Lipinski definition) is 1. The van der Waals surface area contributed by atoms with Gasteiger partial charge in [-0.05, 0) is 44.2 Å². The molecule has 2 heterocycles. The fourth-order valence-electron chi connectivity index (χ4n) is 8.51. The number of benzene rings is 1. The zero-order valence-corrected chi connectivity index (χ0v) is 27.7. The van der Waals surface area contributed by atoms with Crippen molar-refractivity contribution in [2.45, 2.75) is 95.6 Å². The van der Waals surface area contributed by atoms with E-state index < -0.39 is 54.2 Å². The summed E-state index contributed by atoms with van der Waals surface area (Å²) < 4.78 is 30.8. The van der Waals surface area contributed by atoms with Crippen LogP contribution < -0.4 is 0 Å². The van der Waals surface area contributed by atoms with Gasteiger partial charge in [0.2, 0.25) is 0 Å². The number of esters is 3. The van der Waals surface area contributed by atoms with Crippen LogP contribution in [0.25, 0.3) is 0 Å². The van der Waals surface area contributed by atoms with E-state index in [1.807, 2.05) is 69.3 Å². The highest BCUT2D eigenvalue weighted by Crippen LogP contribution is 2.61. The van der Waals surface area contributed by atoms with Crippen molar-refractivity contribution in [3.8, 4) is 0 Å². The Kier molecular flexibility index (Phi) is 9.61. The van der Waals surface area contributed by atoms with Gasteiger partial charge in [-0.2, -0.15) is 0 Å². The van der Waals surface area contributed by atoms with E-state index in [9.17, 15) is 19.5 Å². The first kappa shape index (κ1) is 33.4. The molecule has 47 heavy (non-hydrogen) atoms. The van der Waals surface area contributed by atoms with Crippen LogP contribution in [0, 0.1) is 29.6 Å². The third-order valence-corrected chi connectivity index (χ3v) is 10.9. The molecule has 2 aliphatic heterocycles. The van der Waals surface area contributed by atoms with E-state index >= 15 is 0 Å². The summed E-state index contributed by atoms with van der Waals surface area (Å²) in [5.74, 6) is -2.92. The van der Waals surface area contributed by atoms with Gasteiger partial charge in [-0.3, -0.25) is 4.79 Å². The number of allylic oxidation sites excluding steroid dienone is 3. The first-order valence-corrected chi connectivity index (χ1v) is 16.8. The summed E-state index contributed by atoms with van der Waals surface area (Å²) in [6, 6.07) is 9.72. The Morgan fingerprint density at radius 3 is 2.62 bits per heavy atom. The van der Waals surface area contributed by atoms with Crippen LogP contribution in [0.5, 0.6) is 0 Å². The van der Waals surface area contributed by atoms with Gasteiger partial charge in [-0.25, -0.2) is 9.59 Å². The highest BCUT2D eigenvalue weighted by atomic mass is 16.6. The molecule has 9 heteroatoms. The Balaban J connectivity index is 1.28. The highest BCUT2D eigenvalue weighted by molar-refractivity contribution is 5.90. The van der Waals surface area contributed by atoms with E-state index in [1.165, 1.54) is 7.11 Å². The minimum absolute atomic E-state index is 0.194. The summed E-state index contributed by atoms with van der Waals surface area (Å²) in [4.78, 5) is 39.6. The van der Waals surface area contributed by atoms with Crippen molar-refractivity contribution in [3.63, 3.8) is 0 Å². The number of hydrogen-bond acceptors (Lipinski definition) is 9. The van der Waals surface area contributed by atoms with Gasteiger partial charge in [0, 0.05) is 48.7 Å². The second-order valence-corrected chi connectivity index (χ2v) is 13.8. The van der Waals surface area contributed by atoms with E-state index in [2.05, 4.69) is 12.2 Å². The minimum Gasteiger partial charge on any atom is -0.459 e. The van der Waals surface area contributed by atoms with Crippen molar-refractivity contribution in [3.05, 3.63) is 83.5 Å². The molecule has 2 fully saturated rings. The topological polar surface area (TPSA) is 118 Å². The lowest BCUT2D eigenvalue weighted by Crippen LogP contribution is -2.57. The molecule has 9 nitrogen and oxygen atoms in total. The summed E-state index contributed by atoms with van der Waals surface area (Å²) in [7, 11) is 1.47. The minimum atomic E-state index is -0.976. The molecule has 0 radical (unpaired) electrons. The summed E-state index contributed by atoms with van der Waals surface area (Å²) in [5.41, 5.74) is 1.52. The molecule has 0 amide bonds. The van der Waals surface area contributed by atoms with Crippen molar-refractivity contribution >= 4 is 17.9 Å².